The molecule has 7 nitrogen and oxygen atoms in total. The van der Waals surface area contributed by atoms with Gasteiger partial charge in [0, 0.05) is 18.5 Å². The van der Waals surface area contributed by atoms with Gasteiger partial charge in [0.15, 0.2) is 0 Å². The average Bonchev–Trinajstić information content (AvgIpc) is 2.89. The summed E-state index contributed by atoms with van der Waals surface area (Å²) in [6, 6.07) is 2.62. The Balaban J connectivity index is 2.25. The minimum Gasteiger partial charge on any atom is -0.393 e. The summed E-state index contributed by atoms with van der Waals surface area (Å²) in [6.45, 7) is 0.281. The summed E-state index contributed by atoms with van der Waals surface area (Å²) in [6.07, 6.45) is 1.82. The van der Waals surface area contributed by atoms with Crippen LogP contribution < -0.4 is 5.32 Å². The molecule has 2 atom stereocenters. The van der Waals surface area contributed by atoms with Gasteiger partial charge in [-0.25, -0.2) is 8.42 Å². The fourth-order valence-electron chi connectivity index (χ4n) is 2.59. The van der Waals surface area contributed by atoms with Gasteiger partial charge in [0.25, 0.3) is 5.69 Å². The third kappa shape index (κ3) is 3.75. The van der Waals surface area contributed by atoms with Gasteiger partial charge >= 0.3 is 5.76 Å². The molecule has 0 amide bonds. The quantitative estimate of drug-likeness (QED) is 0.601. The first-order valence-electron chi connectivity index (χ1n) is 6.96. The Hall–Kier alpha value is -1.81. The van der Waals surface area contributed by atoms with E-state index < -0.39 is 37.2 Å². The molecule has 0 radical (unpaired) electrons. The average molecular weight is 350 g/mol. The lowest BCUT2D eigenvalue weighted by Crippen LogP contribution is -2.22. The molecule has 0 aliphatic heterocycles. The molecule has 2 N–H and O–H groups in total. The third-order valence-electron chi connectivity index (χ3n) is 3.90. The van der Waals surface area contributed by atoms with Crippen LogP contribution in [0.25, 0.3) is 0 Å². The van der Waals surface area contributed by atoms with Gasteiger partial charge in [-0.2, -0.15) is 8.78 Å². The van der Waals surface area contributed by atoms with Gasteiger partial charge in [-0.05, 0) is 25.0 Å². The Labute approximate surface area is 131 Å². The molecule has 1 aromatic rings. The molecule has 0 bridgehead atoms. The molecule has 1 aliphatic carbocycles. The van der Waals surface area contributed by atoms with Crippen LogP contribution in [-0.2, 0) is 9.84 Å². The fourth-order valence-corrected chi connectivity index (χ4v) is 3.33. The number of hydrogen-bond donors (Lipinski definition) is 2. The zero-order chi connectivity index (χ0) is 17.2. The van der Waals surface area contributed by atoms with Crippen molar-refractivity contribution in [2.75, 3.05) is 11.9 Å². The molecule has 1 saturated carbocycles. The molecule has 10 heteroatoms. The van der Waals surface area contributed by atoms with Gasteiger partial charge in [0.1, 0.15) is 5.69 Å². The number of rotatable bonds is 6. The van der Waals surface area contributed by atoms with Crippen molar-refractivity contribution in [2.24, 2.45) is 5.92 Å². The molecule has 0 saturated heterocycles. The summed E-state index contributed by atoms with van der Waals surface area (Å²) in [4.78, 5) is 9.43. The van der Waals surface area contributed by atoms with Gasteiger partial charge in [0.2, 0.25) is 9.84 Å². The standard InChI is InChI=1S/C13H16F2N2O5S/c14-13(15)23(21,22)9-4-5-10(11(6-9)17(19)20)16-7-8-2-1-3-12(8)18/h4-6,8,12-13,16,18H,1-3,7H2. The maximum Gasteiger partial charge on any atom is 0.341 e. The van der Waals surface area contributed by atoms with Crippen molar-refractivity contribution in [3.05, 3.63) is 28.3 Å². The number of nitro groups is 1. The number of alkyl halides is 2. The highest BCUT2D eigenvalue weighted by Crippen LogP contribution is 2.31. The predicted octanol–water partition coefficient (Wildman–Crippen LogP) is 2.16. The summed E-state index contributed by atoms with van der Waals surface area (Å²) < 4.78 is 47.9. The van der Waals surface area contributed by atoms with Crippen LogP contribution in [0.2, 0.25) is 0 Å². The Morgan fingerprint density at radius 3 is 2.61 bits per heavy atom. The molecular formula is C13H16F2N2O5S. The number of nitrogens with zero attached hydrogens (tertiary/aromatic N) is 1. The van der Waals surface area contributed by atoms with Crippen LogP contribution in [0.1, 0.15) is 19.3 Å². The monoisotopic (exact) mass is 350 g/mol. The first-order valence-corrected chi connectivity index (χ1v) is 8.50. The summed E-state index contributed by atoms with van der Waals surface area (Å²) >= 11 is 0. The van der Waals surface area contributed by atoms with E-state index in [9.17, 15) is 32.4 Å². The molecule has 0 aromatic heterocycles. The van der Waals surface area contributed by atoms with Gasteiger partial charge in [0.05, 0.1) is 15.9 Å². The molecule has 2 unspecified atom stereocenters. The van der Waals surface area contributed by atoms with E-state index >= 15 is 0 Å². The Morgan fingerprint density at radius 1 is 1.39 bits per heavy atom. The largest absolute Gasteiger partial charge is 0.393 e. The van der Waals surface area contributed by atoms with E-state index in [1.807, 2.05) is 0 Å². The van der Waals surface area contributed by atoms with E-state index in [4.69, 9.17) is 0 Å². The van der Waals surface area contributed by atoms with Crippen LogP contribution in [0.5, 0.6) is 0 Å². The van der Waals surface area contributed by atoms with E-state index in [-0.39, 0.29) is 18.2 Å². The van der Waals surface area contributed by atoms with E-state index in [0.717, 1.165) is 25.0 Å². The number of nitro benzene ring substituents is 1. The zero-order valence-electron chi connectivity index (χ0n) is 12.0. The van der Waals surface area contributed by atoms with E-state index in [1.54, 1.807) is 0 Å². The summed E-state index contributed by atoms with van der Waals surface area (Å²) in [5.74, 6) is -3.70. The fraction of sp³-hybridized carbons (Fsp3) is 0.538. The highest BCUT2D eigenvalue weighted by atomic mass is 32.2. The van der Waals surface area contributed by atoms with Gasteiger partial charge < -0.3 is 10.4 Å². The Bertz CT molecular complexity index is 696. The predicted molar refractivity (Wildman–Crippen MR) is 78.1 cm³/mol. The van der Waals surface area contributed by atoms with Crippen molar-refractivity contribution in [3.63, 3.8) is 0 Å². The van der Waals surface area contributed by atoms with Crippen molar-refractivity contribution < 1.29 is 27.2 Å². The first kappa shape index (κ1) is 17.5. The summed E-state index contributed by atoms with van der Waals surface area (Å²) in [5.41, 5.74) is -0.568. The summed E-state index contributed by atoms with van der Waals surface area (Å²) in [7, 11) is -4.89. The topological polar surface area (TPSA) is 110 Å². The van der Waals surface area contributed by atoms with Crippen molar-refractivity contribution >= 4 is 21.2 Å². The lowest BCUT2D eigenvalue weighted by Gasteiger charge is -2.16. The smallest absolute Gasteiger partial charge is 0.341 e. The van der Waals surface area contributed by atoms with Crippen molar-refractivity contribution in [3.8, 4) is 0 Å². The van der Waals surface area contributed by atoms with E-state index in [1.165, 1.54) is 0 Å². The molecule has 0 heterocycles. The van der Waals surface area contributed by atoms with E-state index in [0.29, 0.717) is 12.5 Å². The number of aliphatic hydroxyl groups excluding tert-OH is 1. The normalized spacial score (nSPS) is 21.6. The molecule has 1 aromatic carbocycles. The Kier molecular flexibility index (Phi) is 5.15. The van der Waals surface area contributed by atoms with Crippen molar-refractivity contribution in [1.29, 1.82) is 0 Å². The minimum atomic E-state index is -4.89. The molecule has 23 heavy (non-hydrogen) atoms. The molecule has 1 aliphatic rings. The molecule has 0 spiro atoms. The van der Waals surface area contributed by atoms with Crippen molar-refractivity contribution in [2.45, 2.75) is 36.0 Å². The highest BCUT2D eigenvalue weighted by molar-refractivity contribution is 7.91. The molecular weight excluding hydrogens is 334 g/mol. The number of nitrogens with one attached hydrogen (secondary N) is 1. The van der Waals surface area contributed by atoms with Crippen molar-refractivity contribution in [1.82, 2.24) is 0 Å². The Morgan fingerprint density at radius 2 is 2.09 bits per heavy atom. The number of hydrogen-bond acceptors (Lipinski definition) is 6. The van der Waals surface area contributed by atoms with Crippen LogP contribution in [0.4, 0.5) is 20.2 Å². The van der Waals surface area contributed by atoms with Gasteiger partial charge in [-0.15, -0.1) is 0 Å². The maximum absolute atomic E-state index is 12.5. The second-order valence-electron chi connectivity index (χ2n) is 5.38. The maximum atomic E-state index is 12.5. The third-order valence-corrected chi connectivity index (χ3v) is 5.28. The lowest BCUT2D eigenvalue weighted by atomic mass is 10.1. The molecule has 2 rings (SSSR count). The van der Waals surface area contributed by atoms with Crippen LogP contribution in [0.15, 0.2) is 23.1 Å². The summed E-state index contributed by atoms with van der Waals surface area (Å²) in [5, 5.41) is 23.6. The number of halogens is 2. The number of aliphatic hydroxyl groups is 1. The van der Waals surface area contributed by atoms with E-state index in [2.05, 4.69) is 5.32 Å². The van der Waals surface area contributed by atoms with Gasteiger partial charge in [-0.3, -0.25) is 10.1 Å². The van der Waals surface area contributed by atoms with Crippen LogP contribution in [0, 0.1) is 16.0 Å². The lowest BCUT2D eigenvalue weighted by molar-refractivity contribution is -0.384. The minimum absolute atomic E-state index is 0.0299. The number of sulfone groups is 1. The molecule has 128 valence electrons. The first-order chi connectivity index (χ1) is 10.7. The highest BCUT2D eigenvalue weighted by Gasteiger charge is 2.30. The van der Waals surface area contributed by atoms with Gasteiger partial charge in [-0.1, -0.05) is 6.42 Å². The van der Waals surface area contributed by atoms with Crippen LogP contribution in [0.3, 0.4) is 0 Å². The zero-order valence-corrected chi connectivity index (χ0v) is 12.8. The number of anilines is 1. The second-order valence-corrected chi connectivity index (χ2v) is 7.30. The molecule has 1 fully saturated rings. The second kappa shape index (κ2) is 6.75. The number of benzene rings is 1. The van der Waals surface area contributed by atoms with Crippen LogP contribution in [-0.4, -0.2) is 36.9 Å². The SMILES string of the molecule is O=[N+]([O-])c1cc(S(=O)(=O)C(F)F)ccc1NCC1CCCC1O. The van der Waals surface area contributed by atoms with Crippen LogP contribution >= 0.6 is 0 Å².